The number of halogens is 3. The topological polar surface area (TPSA) is 52.6 Å². The molecule has 1 aromatic rings. The summed E-state index contributed by atoms with van der Waals surface area (Å²) in [6.45, 7) is -1.38. The average Bonchev–Trinajstić information content (AvgIpc) is 2.31. The molecule has 2 N–H and O–H groups in total. The van der Waals surface area contributed by atoms with Crippen LogP contribution in [-0.2, 0) is 0 Å². The third-order valence-electron chi connectivity index (χ3n) is 2.11. The van der Waals surface area contributed by atoms with Gasteiger partial charge in [0.05, 0.1) is 13.2 Å². The van der Waals surface area contributed by atoms with Crippen LogP contribution in [0.4, 0.5) is 23.7 Å². The monoisotopic (exact) mass is 262 g/mol. The van der Waals surface area contributed by atoms with Gasteiger partial charge in [-0.25, -0.2) is 18.0 Å². The Morgan fingerprint density at radius 3 is 2.44 bits per heavy atom. The SMILES string of the molecule is O=C(Nc1ccc(F)cc1)N(CCO)CC(F)F. The minimum absolute atomic E-state index is 0.197. The van der Waals surface area contributed by atoms with Crippen molar-refractivity contribution in [3.05, 3.63) is 30.1 Å². The third-order valence-corrected chi connectivity index (χ3v) is 2.11. The maximum Gasteiger partial charge on any atom is 0.322 e. The number of nitrogens with one attached hydrogen (secondary N) is 1. The van der Waals surface area contributed by atoms with Crippen molar-refractivity contribution in [1.29, 1.82) is 0 Å². The van der Waals surface area contributed by atoms with Crippen molar-refractivity contribution in [2.45, 2.75) is 6.43 Å². The van der Waals surface area contributed by atoms with Crippen molar-refractivity contribution in [2.24, 2.45) is 0 Å². The number of hydrogen-bond donors (Lipinski definition) is 2. The highest BCUT2D eigenvalue weighted by Crippen LogP contribution is 2.10. The van der Waals surface area contributed by atoms with Crippen LogP contribution in [0.25, 0.3) is 0 Å². The lowest BCUT2D eigenvalue weighted by molar-refractivity contribution is 0.0943. The lowest BCUT2D eigenvalue weighted by Gasteiger charge is -2.21. The maximum absolute atomic E-state index is 12.6. The molecule has 100 valence electrons. The molecular formula is C11H13F3N2O2. The van der Waals surface area contributed by atoms with E-state index in [-0.39, 0.29) is 6.54 Å². The molecule has 0 saturated heterocycles. The van der Waals surface area contributed by atoms with Crippen molar-refractivity contribution in [3.63, 3.8) is 0 Å². The van der Waals surface area contributed by atoms with Gasteiger partial charge in [0.2, 0.25) is 0 Å². The predicted octanol–water partition coefficient (Wildman–Crippen LogP) is 1.92. The van der Waals surface area contributed by atoms with Gasteiger partial charge in [-0.15, -0.1) is 0 Å². The molecule has 7 heteroatoms. The van der Waals surface area contributed by atoms with E-state index in [1.165, 1.54) is 12.1 Å². The molecule has 0 bridgehead atoms. The van der Waals surface area contributed by atoms with Gasteiger partial charge in [0, 0.05) is 12.2 Å². The summed E-state index contributed by atoms with van der Waals surface area (Å²) in [4.78, 5) is 12.4. The number of anilines is 1. The number of amides is 2. The number of alkyl halides is 2. The number of aliphatic hydroxyl groups is 1. The van der Waals surface area contributed by atoms with Gasteiger partial charge in [-0.05, 0) is 24.3 Å². The van der Waals surface area contributed by atoms with Crippen LogP contribution in [0.2, 0.25) is 0 Å². The van der Waals surface area contributed by atoms with Gasteiger partial charge >= 0.3 is 6.03 Å². The van der Waals surface area contributed by atoms with Gasteiger partial charge < -0.3 is 15.3 Å². The van der Waals surface area contributed by atoms with E-state index in [4.69, 9.17) is 5.11 Å². The van der Waals surface area contributed by atoms with Crippen LogP contribution in [0.15, 0.2) is 24.3 Å². The molecule has 0 heterocycles. The largest absolute Gasteiger partial charge is 0.395 e. The molecule has 0 aliphatic heterocycles. The molecule has 1 rings (SSSR count). The molecule has 0 radical (unpaired) electrons. The number of nitrogens with zero attached hydrogens (tertiary/aromatic N) is 1. The van der Waals surface area contributed by atoms with Crippen LogP contribution in [0.5, 0.6) is 0 Å². The Kier molecular flexibility index (Phi) is 5.44. The van der Waals surface area contributed by atoms with E-state index in [0.29, 0.717) is 5.69 Å². The van der Waals surface area contributed by atoms with Gasteiger partial charge in [0.15, 0.2) is 0 Å². The Morgan fingerprint density at radius 1 is 1.33 bits per heavy atom. The van der Waals surface area contributed by atoms with Gasteiger partial charge in [-0.1, -0.05) is 0 Å². The number of benzene rings is 1. The molecule has 0 atom stereocenters. The molecule has 0 spiro atoms. The first-order valence-corrected chi connectivity index (χ1v) is 5.23. The Bertz CT molecular complexity index is 384. The van der Waals surface area contributed by atoms with Crippen LogP contribution in [0, 0.1) is 5.82 Å². The second kappa shape index (κ2) is 6.85. The minimum atomic E-state index is -2.68. The number of carbonyl (C=O) groups is 1. The Labute approximate surface area is 102 Å². The van der Waals surface area contributed by atoms with E-state index in [2.05, 4.69) is 5.32 Å². The molecule has 0 unspecified atom stereocenters. The van der Waals surface area contributed by atoms with E-state index >= 15 is 0 Å². The van der Waals surface area contributed by atoms with Gasteiger partial charge in [-0.3, -0.25) is 0 Å². The van der Waals surface area contributed by atoms with Crippen molar-refractivity contribution in [1.82, 2.24) is 4.90 Å². The van der Waals surface area contributed by atoms with E-state index in [0.717, 1.165) is 17.0 Å². The second-order valence-electron chi connectivity index (χ2n) is 3.50. The average molecular weight is 262 g/mol. The number of hydrogen-bond acceptors (Lipinski definition) is 2. The lowest BCUT2D eigenvalue weighted by Crippen LogP contribution is -2.40. The smallest absolute Gasteiger partial charge is 0.322 e. The standard InChI is InChI=1S/C11H13F3N2O2/c12-8-1-3-9(4-2-8)15-11(18)16(5-6-17)7-10(13)14/h1-4,10,17H,5-7H2,(H,15,18). The van der Waals surface area contributed by atoms with Crippen molar-refractivity contribution < 1.29 is 23.1 Å². The van der Waals surface area contributed by atoms with Crippen LogP contribution in [-0.4, -0.2) is 42.2 Å². The zero-order chi connectivity index (χ0) is 13.5. The van der Waals surface area contributed by atoms with Gasteiger partial charge in [0.25, 0.3) is 6.43 Å². The summed E-state index contributed by atoms with van der Waals surface area (Å²) in [6.07, 6.45) is -2.68. The summed E-state index contributed by atoms with van der Waals surface area (Å²) in [5.41, 5.74) is 0.290. The number of urea groups is 1. The summed E-state index contributed by atoms with van der Waals surface area (Å²) < 4.78 is 37.0. The fourth-order valence-corrected chi connectivity index (χ4v) is 1.30. The van der Waals surface area contributed by atoms with Crippen LogP contribution in [0.1, 0.15) is 0 Å². The third kappa shape index (κ3) is 4.62. The fraction of sp³-hybridized carbons (Fsp3) is 0.364. The summed E-state index contributed by atoms with van der Waals surface area (Å²) in [5.74, 6) is -0.465. The van der Waals surface area contributed by atoms with Crippen molar-refractivity contribution in [3.8, 4) is 0 Å². The molecule has 0 fully saturated rings. The summed E-state index contributed by atoms with van der Waals surface area (Å²) in [6, 6.07) is 4.13. The van der Waals surface area contributed by atoms with Crippen molar-refractivity contribution >= 4 is 11.7 Å². The van der Waals surface area contributed by atoms with E-state index < -0.39 is 31.4 Å². The highest BCUT2D eigenvalue weighted by atomic mass is 19.3. The summed E-state index contributed by atoms with van der Waals surface area (Å²) >= 11 is 0. The zero-order valence-electron chi connectivity index (χ0n) is 9.44. The van der Waals surface area contributed by atoms with Crippen LogP contribution < -0.4 is 5.32 Å². The fourth-order valence-electron chi connectivity index (χ4n) is 1.30. The first-order chi connectivity index (χ1) is 8.52. The van der Waals surface area contributed by atoms with E-state index in [1.54, 1.807) is 0 Å². The second-order valence-corrected chi connectivity index (χ2v) is 3.50. The van der Waals surface area contributed by atoms with Crippen molar-refractivity contribution in [2.75, 3.05) is 25.0 Å². The normalized spacial score (nSPS) is 10.5. The molecule has 0 aromatic heterocycles. The van der Waals surface area contributed by atoms with Crippen LogP contribution in [0.3, 0.4) is 0 Å². The van der Waals surface area contributed by atoms with E-state index in [9.17, 15) is 18.0 Å². The molecule has 0 saturated carbocycles. The Hall–Kier alpha value is -1.76. The van der Waals surface area contributed by atoms with Gasteiger partial charge in [0.1, 0.15) is 5.82 Å². The minimum Gasteiger partial charge on any atom is -0.395 e. The predicted molar refractivity (Wildman–Crippen MR) is 60.1 cm³/mol. The quantitative estimate of drug-likeness (QED) is 0.851. The molecule has 4 nitrogen and oxygen atoms in total. The lowest BCUT2D eigenvalue weighted by atomic mass is 10.3. The first kappa shape index (κ1) is 14.3. The highest BCUT2D eigenvalue weighted by Gasteiger charge is 2.17. The summed E-state index contributed by atoms with van der Waals surface area (Å²) in [5, 5.41) is 11.0. The number of carbonyl (C=O) groups excluding carboxylic acids is 1. The first-order valence-electron chi connectivity index (χ1n) is 5.23. The van der Waals surface area contributed by atoms with E-state index in [1.807, 2.05) is 0 Å². The Balaban J connectivity index is 2.63. The zero-order valence-corrected chi connectivity index (χ0v) is 9.44. The molecule has 18 heavy (non-hydrogen) atoms. The Morgan fingerprint density at radius 2 is 1.94 bits per heavy atom. The number of rotatable bonds is 5. The number of aliphatic hydroxyl groups excluding tert-OH is 1. The molecule has 1 aromatic carbocycles. The molecule has 0 aliphatic carbocycles. The summed E-state index contributed by atoms with van der Waals surface area (Å²) in [7, 11) is 0. The molecular weight excluding hydrogens is 249 g/mol. The maximum atomic E-state index is 12.6. The van der Waals surface area contributed by atoms with Crippen LogP contribution >= 0.6 is 0 Å². The molecule has 0 aliphatic rings. The highest BCUT2D eigenvalue weighted by molar-refractivity contribution is 5.89. The van der Waals surface area contributed by atoms with Gasteiger partial charge in [-0.2, -0.15) is 0 Å². The molecule has 2 amide bonds.